The number of aliphatic hydroxyl groups excluding tert-OH is 2. The van der Waals surface area contributed by atoms with Crippen molar-refractivity contribution in [3.63, 3.8) is 0 Å². The number of nitrogens with one attached hydrogen (secondary N) is 1. The summed E-state index contributed by atoms with van der Waals surface area (Å²) in [6, 6.07) is 0. The minimum atomic E-state index is -0.511. The predicted molar refractivity (Wildman–Crippen MR) is 68.7 cm³/mol. The Balaban J connectivity index is 3.23. The van der Waals surface area contributed by atoms with Crippen LogP contribution in [0.5, 0.6) is 0 Å². The van der Waals surface area contributed by atoms with Gasteiger partial charge < -0.3 is 29.7 Å². The third-order valence-corrected chi connectivity index (χ3v) is 2.23. The van der Waals surface area contributed by atoms with Crippen LogP contribution in [0.15, 0.2) is 0 Å². The lowest BCUT2D eigenvalue weighted by atomic mass is 10.3. The molecule has 0 aromatic carbocycles. The van der Waals surface area contributed by atoms with Crippen LogP contribution in [0, 0.1) is 0 Å². The largest absolute Gasteiger partial charge is 0.394 e. The molecule has 6 heteroatoms. The lowest BCUT2D eigenvalue weighted by Gasteiger charge is -2.16. The summed E-state index contributed by atoms with van der Waals surface area (Å²) in [7, 11) is 1.62. The van der Waals surface area contributed by atoms with Crippen molar-refractivity contribution in [1.82, 2.24) is 5.32 Å². The summed E-state index contributed by atoms with van der Waals surface area (Å²) in [4.78, 5) is 0. The Morgan fingerprint density at radius 3 is 2.67 bits per heavy atom. The SMILES string of the molecule is COCC(C)OCC(O)CNCCCOCCO. The maximum Gasteiger partial charge on any atom is 0.0897 e. The van der Waals surface area contributed by atoms with Crippen molar-refractivity contribution in [1.29, 1.82) is 0 Å². The summed E-state index contributed by atoms with van der Waals surface area (Å²) in [5.41, 5.74) is 0. The van der Waals surface area contributed by atoms with E-state index in [1.165, 1.54) is 0 Å². The molecule has 0 aromatic heterocycles. The van der Waals surface area contributed by atoms with E-state index in [4.69, 9.17) is 19.3 Å². The molecule has 6 nitrogen and oxygen atoms in total. The zero-order valence-corrected chi connectivity index (χ0v) is 11.4. The van der Waals surface area contributed by atoms with Crippen molar-refractivity contribution >= 4 is 0 Å². The summed E-state index contributed by atoms with van der Waals surface area (Å²) in [6.45, 7) is 5.07. The van der Waals surface area contributed by atoms with E-state index < -0.39 is 6.10 Å². The highest BCUT2D eigenvalue weighted by atomic mass is 16.5. The van der Waals surface area contributed by atoms with Crippen molar-refractivity contribution < 1.29 is 24.4 Å². The molecule has 0 saturated carbocycles. The Morgan fingerprint density at radius 1 is 1.22 bits per heavy atom. The van der Waals surface area contributed by atoms with Gasteiger partial charge in [-0.2, -0.15) is 0 Å². The molecule has 0 rings (SSSR count). The van der Waals surface area contributed by atoms with Crippen molar-refractivity contribution in [2.45, 2.75) is 25.6 Å². The smallest absolute Gasteiger partial charge is 0.0897 e. The van der Waals surface area contributed by atoms with Gasteiger partial charge in [-0.15, -0.1) is 0 Å². The standard InChI is InChI=1S/C12H27NO5/c1-11(9-16-2)18-10-12(15)8-13-4-3-6-17-7-5-14/h11-15H,3-10H2,1-2H3. The van der Waals surface area contributed by atoms with Gasteiger partial charge in [-0.3, -0.25) is 0 Å². The third kappa shape index (κ3) is 12.2. The van der Waals surface area contributed by atoms with Gasteiger partial charge in [0.15, 0.2) is 0 Å². The molecule has 0 bridgehead atoms. The molecule has 2 atom stereocenters. The van der Waals surface area contributed by atoms with Gasteiger partial charge in [-0.25, -0.2) is 0 Å². The minimum Gasteiger partial charge on any atom is -0.394 e. The van der Waals surface area contributed by atoms with Gasteiger partial charge in [-0.1, -0.05) is 0 Å². The number of rotatable bonds is 13. The average Bonchev–Trinajstić information content (AvgIpc) is 2.35. The van der Waals surface area contributed by atoms with Gasteiger partial charge in [-0.05, 0) is 19.9 Å². The number of hydrogen-bond donors (Lipinski definition) is 3. The predicted octanol–water partition coefficient (Wildman–Crippen LogP) is -0.613. The molecule has 110 valence electrons. The molecule has 0 heterocycles. The maximum absolute atomic E-state index is 9.61. The van der Waals surface area contributed by atoms with Gasteiger partial charge >= 0.3 is 0 Å². The van der Waals surface area contributed by atoms with Crippen LogP contribution in [0.3, 0.4) is 0 Å². The zero-order chi connectivity index (χ0) is 13.6. The molecule has 0 saturated heterocycles. The first kappa shape index (κ1) is 17.8. The quantitative estimate of drug-likeness (QED) is 0.385. The van der Waals surface area contributed by atoms with Crippen LogP contribution in [-0.2, 0) is 14.2 Å². The second-order valence-corrected chi connectivity index (χ2v) is 4.15. The molecular weight excluding hydrogens is 238 g/mol. The zero-order valence-electron chi connectivity index (χ0n) is 11.4. The first-order valence-electron chi connectivity index (χ1n) is 6.38. The van der Waals surface area contributed by atoms with Gasteiger partial charge in [0, 0.05) is 20.3 Å². The van der Waals surface area contributed by atoms with Gasteiger partial charge in [0.05, 0.1) is 38.6 Å². The highest BCUT2D eigenvalue weighted by molar-refractivity contribution is 4.59. The Bertz CT molecular complexity index is 171. The molecule has 0 fully saturated rings. The summed E-state index contributed by atoms with van der Waals surface area (Å²) in [6.07, 6.45) is 0.340. The summed E-state index contributed by atoms with van der Waals surface area (Å²) < 4.78 is 15.4. The Hall–Kier alpha value is -0.240. The van der Waals surface area contributed by atoms with E-state index in [1.54, 1.807) is 7.11 Å². The van der Waals surface area contributed by atoms with E-state index >= 15 is 0 Å². The topological polar surface area (TPSA) is 80.2 Å². The molecule has 0 radical (unpaired) electrons. The number of hydrogen-bond acceptors (Lipinski definition) is 6. The van der Waals surface area contributed by atoms with Gasteiger partial charge in [0.25, 0.3) is 0 Å². The number of ether oxygens (including phenoxy) is 3. The molecule has 0 aliphatic heterocycles. The van der Waals surface area contributed by atoms with Crippen LogP contribution in [0.2, 0.25) is 0 Å². The van der Waals surface area contributed by atoms with E-state index in [1.807, 2.05) is 6.92 Å². The Labute approximate surface area is 109 Å². The maximum atomic E-state index is 9.61. The van der Waals surface area contributed by atoms with Crippen LogP contribution in [0.4, 0.5) is 0 Å². The fourth-order valence-corrected chi connectivity index (χ4v) is 1.35. The third-order valence-electron chi connectivity index (χ3n) is 2.23. The van der Waals surface area contributed by atoms with Gasteiger partial charge in [0.2, 0.25) is 0 Å². The molecule has 0 aliphatic rings. The van der Waals surface area contributed by atoms with Crippen molar-refractivity contribution in [3.05, 3.63) is 0 Å². The normalized spacial score (nSPS) is 14.7. The highest BCUT2D eigenvalue weighted by Crippen LogP contribution is 1.93. The van der Waals surface area contributed by atoms with Crippen molar-refractivity contribution in [2.75, 3.05) is 53.2 Å². The Kier molecular flexibility index (Phi) is 13.0. The minimum absolute atomic E-state index is 0.00321. The molecule has 2 unspecified atom stereocenters. The van der Waals surface area contributed by atoms with Crippen LogP contribution in [0.1, 0.15) is 13.3 Å². The lowest BCUT2D eigenvalue weighted by molar-refractivity contribution is -0.0311. The van der Waals surface area contributed by atoms with Crippen molar-refractivity contribution in [3.8, 4) is 0 Å². The van der Waals surface area contributed by atoms with E-state index in [0.29, 0.717) is 33.0 Å². The number of aliphatic hydroxyl groups is 2. The first-order chi connectivity index (χ1) is 8.70. The van der Waals surface area contributed by atoms with Crippen LogP contribution in [-0.4, -0.2) is 75.7 Å². The molecular formula is C12H27NO5. The van der Waals surface area contributed by atoms with E-state index in [9.17, 15) is 5.11 Å². The summed E-state index contributed by atoms with van der Waals surface area (Å²) >= 11 is 0. The summed E-state index contributed by atoms with van der Waals surface area (Å²) in [5.74, 6) is 0. The second kappa shape index (κ2) is 13.2. The summed E-state index contributed by atoms with van der Waals surface area (Å²) in [5, 5.41) is 21.2. The second-order valence-electron chi connectivity index (χ2n) is 4.15. The monoisotopic (exact) mass is 265 g/mol. The van der Waals surface area contributed by atoms with E-state index in [-0.39, 0.29) is 12.7 Å². The molecule has 18 heavy (non-hydrogen) atoms. The first-order valence-corrected chi connectivity index (χ1v) is 6.38. The van der Waals surface area contributed by atoms with Gasteiger partial charge in [0.1, 0.15) is 0 Å². The van der Waals surface area contributed by atoms with E-state index in [0.717, 1.165) is 13.0 Å². The molecule has 0 spiro atoms. The van der Waals surface area contributed by atoms with Crippen LogP contribution in [0.25, 0.3) is 0 Å². The van der Waals surface area contributed by atoms with E-state index in [2.05, 4.69) is 5.32 Å². The molecule has 0 amide bonds. The number of methoxy groups -OCH3 is 1. The molecule has 0 aromatic rings. The highest BCUT2D eigenvalue weighted by Gasteiger charge is 2.07. The van der Waals surface area contributed by atoms with Crippen LogP contribution < -0.4 is 5.32 Å². The van der Waals surface area contributed by atoms with Crippen LogP contribution >= 0.6 is 0 Å². The molecule has 3 N–H and O–H groups in total. The Morgan fingerprint density at radius 2 is 2.00 bits per heavy atom. The fourth-order valence-electron chi connectivity index (χ4n) is 1.35. The molecule has 0 aliphatic carbocycles. The lowest BCUT2D eigenvalue weighted by Crippen LogP contribution is -2.33. The van der Waals surface area contributed by atoms with Crippen molar-refractivity contribution in [2.24, 2.45) is 0 Å². The average molecular weight is 265 g/mol. The fraction of sp³-hybridized carbons (Fsp3) is 1.00.